The van der Waals surface area contributed by atoms with Crippen LogP contribution >= 0.6 is 6.09 Å². The van der Waals surface area contributed by atoms with Gasteiger partial charge >= 0.3 is 0 Å². The van der Waals surface area contributed by atoms with E-state index >= 15 is 0 Å². The van der Waals surface area contributed by atoms with Crippen molar-refractivity contribution in [1.82, 2.24) is 0 Å². The molecule has 0 fully saturated rings. The molecule has 3 aromatic rings. The van der Waals surface area contributed by atoms with Crippen molar-refractivity contribution in [1.29, 1.82) is 0 Å². The Morgan fingerprint density at radius 2 is 1.21 bits per heavy atom. The lowest BCUT2D eigenvalue weighted by molar-refractivity contribution is 0.656. The normalized spacial score (nSPS) is 26.2. The molecule has 0 amide bonds. The summed E-state index contributed by atoms with van der Waals surface area (Å²) in [4.78, 5) is 0. The molecule has 3 aromatic carbocycles. The van der Waals surface area contributed by atoms with E-state index in [4.69, 9.17) is 12.2 Å². The van der Waals surface area contributed by atoms with Crippen LogP contribution in [0.5, 0.6) is 0 Å². The first-order chi connectivity index (χ1) is 13.6. The summed E-state index contributed by atoms with van der Waals surface area (Å²) in [6, 6.07) is 32.2. The Labute approximate surface area is 172 Å². The molecule has 0 N–H and O–H groups in total. The van der Waals surface area contributed by atoms with Crippen molar-refractivity contribution in [3.8, 4) is 0 Å². The topological polar surface area (TPSA) is 0 Å². The summed E-state index contributed by atoms with van der Waals surface area (Å²) in [6.45, 7) is 6.96. The molecule has 2 heteroatoms. The average molecular weight is 398 g/mol. The SMILES string of the molecule is C=C1C(c2ccccc2)=P2([S-])CC1(C)C(c1ccccc1)=C2c1ccccc1. The molecule has 2 heterocycles. The number of fused-ring (bicyclic) bond motifs is 2. The standard InChI is InChI=1S/C26H22PS/c1-19-24(21-14-8-4-9-15-21)27(28)18-26(19,2)23(20-12-6-3-7-13-20)25(27)22-16-10-5-11-17-22/h3-17H,1,18H2,2H3/q-1. The van der Waals surface area contributed by atoms with Gasteiger partial charge in [-0.15, -0.1) is 0 Å². The number of hydrogen-bond acceptors (Lipinski definition) is 1. The van der Waals surface area contributed by atoms with E-state index < -0.39 is 6.09 Å². The molecule has 28 heavy (non-hydrogen) atoms. The molecule has 138 valence electrons. The van der Waals surface area contributed by atoms with E-state index in [2.05, 4.69) is 104 Å². The molecule has 0 saturated heterocycles. The minimum Gasteiger partial charge on any atom is -0.752 e. The van der Waals surface area contributed by atoms with E-state index in [0.717, 1.165) is 6.16 Å². The zero-order chi connectivity index (χ0) is 19.4. The summed E-state index contributed by atoms with van der Waals surface area (Å²) in [5, 5.41) is 2.73. The molecule has 2 aliphatic heterocycles. The van der Waals surface area contributed by atoms with E-state index in [9.17, 15) is 0 Å². The second kappa shape index (κ2) is 6.41. The number of allylic oxidation sites excluding steroid dienone is 2. The fourth-order valence-corrected chi connectivity index (χ4v) is 11.3. The molecule has 0 saturated carbocycles. The van der Waals surface area contributed by atoms with E-state index in [-0.39, 0.29) is 5.41 Å². The molecule has 2 unspecified atom stereocenters. The van der Waals surface area contributed by atoms with E-state index in [1.807, 2.05) is 0 Å². The van der Waals surface area contributed by atoms with Gasteiger partial charge in [-0.25, -0.2) is 0 Å². The first-order valence-corrected chi connectivity index (χ1v) is 12.6. The highest BCUT2D eigenvalue weighted by Gasteiger charge is 2.50. The monoisotopic (exact) mass is 397 g/mol. The average Bonchev–Trinajstić information content (AvgIpc) is 3.10. The molecule has 0 nitrogen and oxygen atoms in total. The van der Waals surface area contributed by atoms with Crippen molar-refractivity contribution in [2.75, 3.05) is 6.16 Å². The van der Waals surface area contributed by atoms with Crippen molar-refractivity contribution >= 4 is 34.5 Å². The van der Waals surface area contributed by atoms with Crippen LogP contribution in [0.25, 0.3) is 10.9 Å². The van der Waals surface area contributed by atoms with Crippen molar-refractivity contribution < 1.29 is 0 Å². The lowest BCUT2D eigenvalue weighted by atomic mass is 9.72. The van der Waals surface area contributed by atoms with Gasteiger partial charge in [0, 0.05) is 5.41 Å². The quantitative estimate of drug-likeness (QED) is 0.344. The van der Waals surface area contributed by atoms with Crippen LogP contribution in [-0.2, 0) is 12.2 Å². The van der Waals surface area contributed by atoms with Gasteiger partial charge in [0.1, 0.15) is 0 Å². The predicted molar refractivity (Wildman–Crippen MR) is 127 cm³/mol. The van der Waals surface area contributed by atoms with Gasteiger partial charge in [-0.1, -0.05) is 104 Å². The van der Waals surface area contributed by atoms with Gasteiger partial charge < -0.3 is 12.2 Å². The third kappa shape index (κ3) is 2.40. The molecule has 0 spiro atoms. The summed E-state index contributed by atoms with van der Waals surface area (Å²) in [5.41, 5.74) is 6.32. The molecule has 0 aliphatic carbocycles. The van der Waals surface area contributed by atoms with Gasteiger partial charge in [-0.05, 0) is 44.6 Å². The van der Waals surface area contributed by atoms with Crippen molar-refractivity contribution in [2.24, 2.45) is 5.41 Å². The Hall–Kier alpha value is -2.21. The van der Waals surface area contributed by atoms with Gasteiger partial charge in [0.2, 0.25) is 0 Å². The van der Waals surface area contributed by atoms with Crippen LogP contribution in [0.2, 0.25) is 0 Å². The van der Waals surface area contributed by atoms with Crippen LogP contribution in [0.4, 0.5) is 0 Å². The van der Waals surface area contributed by atoms with Crippen LogP contribution in [-0.4, -0.2) is 11.5 Å². The molecule has 2 aliphatic rings. The Bertz CT molecular complexity index is 1160. The van der Waals surface area contributed by atoms with E-state index in [1.165, 1.54) is 38.4 Å². The second-order valence-corrected chi connectivity index (χ2v) is 12.4. The minimum absolute atomic E-state index is 0.104. The summed E-state index contributed by atoms with van der Waals surface area (Å²) >= 11 is 6.60. The maximum atomic E-state index is 6.60. The van der Waals surface area contributed by atoms with Crippen LogP contribution < -0.4 is 0 Å². The number of hydrogen-bond donors (Lipinski definition) is 0. The van der Waals surface area contributed by atoms with E-state index in [0.29, 0.717) is 0 Å². The van der Waals surface area contributed by atoms with Crippen LogP contribution in [0, 0.1) is 5.41 Å². The van der Waals surface area contributed by atoms with Crippen LogP contribution in [0.15, 0.2) is 103 Å². The van der Waals surface area contributed by atoms with Crippen molar-refractivity contribution in [2.45, 2.75) is 6.92 Å². The minimum atomic E-state index is -1.95. The van der Waals surface area contributed by atoms with E-state index in [1.54, 1.807) is 0 Å². The molecule has 0 radical (unpaired) electrons. The summed E-state index contributed by atoms with van der Waals surface area (Å²) in [5.74, 6) is 0. The fourth-order valence-electron chi connectivity index (χ4n) is 4.95. The highest BCUT2D eigenvalue weighted by molar-refractivity contribution is 8.46. The Morgan fingerprint density at radius 3 is 1.75 bits per heavy atom. The summed E-state index contributed by atoms with van der Waals surface area (Å²) in [7, 11) is 0. The van der Waals surface area contributed by atoms with Gasteiger partial charge in [-0.3, -0.25) is 0 Å². The zero-order valence-electron chi connectivity index (χ0n) is 15.9. The third-order valence-corrected chi connectivity index (χ3v) is 11.2. The van der Waals surface area contributed by atoms with Crippen molar-refractivity contribution in [3.63, 3.8) is 0 Å². The molecule has 5 rings (SSSR count). The number of rotatable bonds is 3. The lowest BCUT2D eigenvalue weighted by Crippen LogP contribution is -2.23. The predicted octanol–water partition coefficient (Wildman–Crippen LogP) is 6.84. The first-order valence-electron chi connectivity index (χ1n) is 9.64. The van der Waals surface area contributed by atoms with Crippen molar-refractivity contribution in [3.05, 3.63) is 120 Å². The highest BCUT2D eigenvalue weighted by Crippen LogP contribution is 2.79. The number of benzene rings is 3. The first kappa shape index (κ1) is 17.9. The molecule has 2 atom stereocenters. The molecule has 0 aromatic heterocycles. The largest absolute Gasteiger partial charge is 0.752 e. The highest BCUT2D eigenvalue weighted by atomic mass is 32.7. The zero-order valence-corrected chi connectivity index (χ0v) is 17.6. The Kier molecular flexibility index (Phi) is 4.09. The lowest BCUT2D eigenvalue weighted by Gasteiger charge is -2.38. The van der Waals surface area contributed by atoms with Crippen LogP contribution in [0.3, 0.4) is 0 Å². The molecule has 2 bridgehead atoms. The fraction of sp³-hybridized carbons (Fsp3) is 0.115. The molecular weight excluding hydrogens is 375 g/mol. The van der Waals surface area contributed by atoms with Gasteiger partial charge in [0.25, 0.3) is 0 Å². The second-order valence-electron chi connectivity index (χ2n) is 7.88. The van der Waals surface area contributed by atoms with Gasteiger partial charge in [-0.2, -0.15) is 6.09 Å². The van der Waals surface area contributed by atoms with Gasteiger partial charge in [0.05, 0.1) is 0 Å². The third-order valence-electron chi connectivity index (χ3n) is 6.16. The van der Waals surface area contributed by atoms with Crippen LogP contribution in [0.1, 0.15) is 23.6 Å². The smallest absolute Gasteiger partial charge is 0.0211 e. The Balaban J connectivity index is 1.91. The maximum Gasteiger partial charge on any atom is 0.0211 e. The summed E-state index contributed by atoms with van der Waals surface area (Å²) < 4.78 is 0. The maximum absolute atomic E-state index is 6.60. The molecular formula is C26H22PS-. The summed E-state index contributed by atoms with van der Waals surface area (Å²) in [6.07, 6.45) is -0.947. The van der Waals surface area contributed by atoms with Gasteiger partial charge in [0.15, 0.2) is 0 Å². The Morgan fingerprint density at radius 1 is 0.750 bits per heavy atom.